The number of aromatic carboxylic acids is 1. The van der Waals surface area contributed by atoms with Gasteiger partial charge in [-0.25, -0.2) is 17.9 Å². The van der Waals surface area contributed by atoms with Gasteiger partial charge in [-0.2, -0.15) is 0 Å². The van der Waals surface area contributed by atoms with E-state index in [0.717, 1.165) is 11.6 Å². The summed E-state index contributed by atoms with van der Waals surface area (Å²) in [5.41, 5.74) is 1.03. The molecule has 0 aliphatic carbocycles. The number of carboxylic acids is 1. The molecule has 2 aromatic rings. The second-order valence-corrected chi connectivity index (χ2v) is 6.76. The Hall–Kier alpha value is -2.64. The summed E-state index contributed by atoms with van der Waals surface area (Å²) in [6.07, 6.45) is 1.58. The third kappa shape index (κ3) is 4.43. The molecule has 7 heteroatoms. The Labute approximate surface area is 140 Å². The van der Waals surface area contributed by atoms with Crippen molar-refractivity contribution >= 4 is 21.7 Å². The van der Waals surface area contributed by atoms with Crippen molar-refractivity contribution in [1.82, 2.24) is 4.72 Å². The minimum absolute atomic E-state index is 0.0972. The summed E-state index contributed by atoms with van der Waals surface area (Å²) >= 11 is 0. The van der Waals surface area contributed by atoms with Crippen molar-refractivity contribution in [3.63, 3.8) is 0 Å². The van der Waals surface area contributed by atoms with Crippen molar-refractivity contribution in [2.24, 2.45) is 0 Å². The van der Waals surface area contributed by atoms with Crippen molar-refractivity contribution < 1.29 is 18.3 Å². The van der Waals surface area contributed by atoms with Crippen LogP contribution in [-0.2, 0) is 16.6 Å². The van der Waals surface area contributed by atoms with Crippen LogP contribution in [0.25, 0.3) is 0 Å². The second-order valence-electron chi connectivity index (χ2n) is 4.99. The van der Waals surface area contributed by atoms with Crippen LogP contribution < -0.4 is 10.0 Å². The second kappa shape index (κ2) is 7.76. The number of carbonyl (C=O) groups is 1. The third-order valence-electron chi connectivity index (χ3n) is 3.28. The lowest BCUT2D eigenvalue weighted by atomic mass is 10.2. The van der Waals surface area contributed by atoms with Crippen LogP contribution in [0, 0.1) is 0 Å². The molecular formula is C17H18N2O4S. The lowest BCUT2D eigenvalue weighted by Crippen LogP contribution is -2.23. The number of rotatable bonds is 8. The first-order chi connectivity index (χ1) is 11.4. The molecule has 0 radical (unpaired) electrons. The van der Waals surface area contributed by atoms with Crippen molar-refractivity contribution in [3.05, 3.63) is 72.3 Å². The van der Waals surface area contributed by atoms with E-state index in [4.69, 9.17) is 0 Å². The summed E-state index contributed by atoms with van der Waals surface area (Å²) in [4.78, 5) is 11.3. The molecule has 0 unspecified atom stereocenters. The zero-order valence-corrected chi connectivity index (χ0v) is 13.7. The molecule has 0 amide bonds. The molecule has 3 N–H and O–H groups in total. The average Bonchev–Trinajstić information content (AvgIpc) is 2.59. The van der Waals surface area contributed by atoms with Gasteiger partial charge in [0.25, 0.3) is 0 Å². The molecule has 0 saturated heterocycles. The van der Waals surface area contributed by atoms with Gasteiger partial charge >= 0.3 is 5.97 Å². The fraction of sp³-hybridized carbons (Fsp3) is 0.118. The lowest BCUT2D eigenvalue weighted by Gasteiger charge is -2.11. The predicted octanol–water partition coefficient (Wildman–Crippen LogP) is 2.46. The Bertz CT molecular complexity index is 833. The van der Waals surface area contributed by atoms with Crippen LogP contribution in [-0.4, -0.2) is 26.0 Å². The van der Waals surface area contributed by atoms with Crippen LogP contribution in [0.5, 0.6) is 0 Å². The van der Waals surface area contributed by atoms with Gasteiger partial charge < -0.3 is 10.4 Å². The van der Waals surface area contributed by atoms with E-state index in [-0.39, 0.29) is 17.0 Å². The van der Waals surface area contributed by atoms with Crippen LogP contribution in [0.4, 0.5) is 5.69 Å². The van der Waals surface area contributed by atoms with Crippen molar-refractivity contribution in [3.8, 4) is 0 Å². The third-order valence-corrected chi connectivity index (χ3v) is 4.68. The topological polar surface area (TPSA) is 95.5 Å². The van der Waals surface area contributed by atoms with Crippen LogP contribution in [0.2, 0.25) is 0 Å². The summed E-state index contributed by atoms with van der Waals surface area (Å²) in [6.45, 7) is 4.05. The summed E-state index contributed by atoms with van der Waals surface area (Å²) in [5, 5.41) is 12.1. The summed E-state index contributed by atoms with van der Waals surface area (Å²) in [6, 6.07) is 13.0. The molecule has 0 aromatic heterocycles. The van der Waals surface area contributed by atoms with Gasteiger partial charge in [0.2, 0.25) is 10.0 Å². The van der Waals surface area contributed by atoms with Gasteiger partial charge in [0.1, 0.15) is 0 Å². The van der Waals surface area contributed by atoms with E-state index in [2.05, 4.69) is 16.6 Å². The van der Waals surface area contributed by atoms with Crippen molar-refractivity contribution in [2.75, 3.05) is 11.9 Å². The number of carboxylic acid groups (broad SMARTS) is 1. The smallest absolute Gasteiger partial charge is 0.337 e. The molecule has 0 heterocycles. The summed E-state index contributed by atoms with van der Waals surface area (Å²) < 4.78 is 27.2. The molecule has 0 aliphatic rings. The van der Waals surface area contributed by atoms with E-state index in [1.165, 1.54) is 12.1 Å². The molecule has 2 aromatic carbocycles. The molecule has 2 rings (SSSR count). The van der Waals surface area contributed by atoms with E-state index in [1.54, 1.807) is 18.2 Å². The van der Waals surface area contributed by atoms with Gasteiger partial charge in [0.05, 0.1) is 10.5 Å². The molecule has 0 aliphatic heterocycles. The maximum Gasteiger partial charge on any atom is 0.337 e. The Morgan fingerprint density at radius 2 is 1.88 bits per heavy atom. The number of sulfonamides is 1. The summed E-state index contributed by atoms with van der Waals surface area (Å²) in [7, 11) is -3.81. The molecule has 0 spiro atoms. The van der Waals surface area contributed by atoms with Gasteiger partial charge in [0, 0.05) is 18.8 Å². The minimum atomic E-state index is -3.81. The fourth-order valence-electron chi connectivity index (χ4n) is 2.06. The average molecular weight is 346 g/mol. The van der Waals surface area contributed by atoms with E-state index < -0.39 is 16.0 Å². The maximum absolute atomic E-state index is 12.4. The standard InChI is InChI=1S/C17H18N2O4S/c1-2-10-18-16-9-8-14(11-15(16)17(20)21)24(22,23)19-12-13-6-4-3-5-7-13/h2-9,11,18-19H,1,10,12H2,(H,20,21). The van der Waals surface area contributed by atoms with Gasteiger partial charge in [0.15, 0.2) is 0 Å². The first kappa shape index (κ1) is 17.7. The molecule has 0 fully saturated rings. The monoisotopic (exact) mass is 346 g/mol. The molecule has 0 saturated carbocycles. The van der Waals surface area contributed by atoms with Gasteiger partial charge in [-0.3, -0.25) is 0 Å². The highest BCUT2D eigenvalue weighted by atomic mass is 32.2. The Morgan fingerprint density at radius 3 is 2.50 bits per heavy atom. The Balaban J connectivity index is 2.24. The molecule has 0 atom stereocenters. The van der Waals surface area contributed by atoms with Crippen molar-refractivity contribution in [2.45, 2.75) is 11.4 Å². The molecule has 24 heavy (non-hydrogen) atoms. The Morgan fingerprint density at radius 1 is 1.17 bits per heavy atom. The largest absolute Gasteiger partial charge is 0.478 e. The van der Waals surface area contributed by atoms with E-state index in [9.17, 15) is 18.3 Å². The van der Waals surface area contributed by atoms with Crippen LogP contribution in [0.1, 0.15) is 15.9 Å². The Kier molecular flexibility index (Phi) is 5.73. The first-order valence-corrected chi connectivity index (χ1v) is 8.68. The minimum Gasteiger partial charge on any atom is -0.478 e. The van der Waals surface area contributed by atoms with Crippen molar-refractivity contribution in [1.29, 1.82) is 0 Å². The fourth-order valence-corrected chi connectivity index (χ4v) is 3.10. The molecule has 6 nitrogen and oxygen atoms in total. The highest BCUT2D eigenvalue weighted by Gasteiger charge is 2.18. The number of benzene rings is 2. The van der Waals surface area contributed by atoms with Crippen LogP contribution in [0.15, 0.2) is 66.1 Å². The summed E-state index contributed by atoms with van der Waals surface area (Å²) in [5.74, 6) is -1.21. The first-order valence-electron chi connectivity index (χ1n) is 7.20. The van der Waals surface area contributed by atoms with E-state index in [0.29, 0.717) is 12.2 Å². The van der Waals surface area contributed by atoms with Gasteiger partial charge in [-0.1, -0.05) is 36.4 Å². The zero-order chi connectivity index (χ0) is 17.6. The maximum atomic E-state index is 12.4. The highest BCUT2D eigenvalue weighted by Crippen LogP contribution is 2.21. The van der Waals surface area contributed by atoms with E-state index >= 15 is 0 Å². The highest BCUT2D eigenvalue weighted by molar-refractivity contribution is 7.89. The number of hydrogen-bond acceptors (Lipinski definition) is 4. The van der Waals surface area contributed by atoms with Crippen LogP contribution in [0.3, 0.4) is 0 Å². The van der Waals surface area contributed by atoms with E-state index in [1.807, 2.05) is 18.2 Å². The lowest BCUT2D eigenvalue weighted by molar-refractivity contribution is 0.0697. The molecule has 0 bridgehead atoms. The molecule has 126 valence electrons. The zero-order valence-electron chi connectivity index (χ0n) is 12.9. The van der Waals surface area contributed by atoms with Gasteiger partial charge in [-0.15, -0.1) is 6.58 Å². The number of hydrogen-bond donors (Lipinski definition) is 3. The number of nitrogens with one attached hydrogen (secondary N) is 2. The SMILES string of the molecule is C=CCNc1ccc(S(=O)(=O)NCc2ccccc2)cc1C(=O)O. The predicted molar refractivity (Wildman–Crippen MR) is 92.6 cm³/mol. The van der Waals surface area contributed by atoms with Gasteiger partial charge in [-0.05, 0) is 23.8 Å². The van der Waals surface area contributed by atoms with Crippen LogP contribution >= 0.6 is 0 Å². The number of anilines is 1. The normalized spacial score (nSPS) is 11.0. The molecular weight excluding hydrogens is 328 g/mol. The quantitative estimate of drug-likeness (QED) is 0.638.